The van der Waals surface area contributed by atoms with Crippen molar-refractivity contribution in [3.05, 3.63) is 24.4 Å². The molecule has 1 unspecified atom stereocenters. The molecule has 0 aliphatic rings. The Hall–Kier alpha value is -0.720. The number of hydrogen-bond donors (Lipinski definition) is 1. The van der Waals surface area contributed by atoms with Crippen LogP contribution in [-0.4, -0.2) is 6.54 Å². The molecule has 0 saturated heterocycles. The first-order chi connectivity index (χ1) is 5.72. The van der Waals surface area contributed by atoms with Gasteiger partial charge in [0.05, 0.1) is 0 Å². The third kappa shape index (κ3) is 5.00. The van der Waals surface area contributed by atoms with Crippen molar-refractivity contribution in [1.29, 1.82) is 0 Å². The van der Waals surface area contributed by atoms with Crippen molar-refractivity contribution >= 4 is 0 Å². The van der Waals surface area contributed by atoms with Crippen molar-refractivity contribution in [3.8, 4) is 0 Å². The Morgan fingerprint density at radius 2 is 2.25 bits per heavy atom. The summed E-state index contributed by atoms with van der Waals surface area (Å²) in [6, 6.07) is 0. The predicted molar refractivity (Wildman–Crippen MR) is 56.0 cm³/mol. The van der Waals surface area contributed by atoms with E-state index in [1.807, 2.05) is 6.92 Å². The minimum atomic E-state index is 0.593. The van der Waals surface area contributed by atoms with Gasteiger partial charge in [-0.05, 0) is 25.7 Å². The van der Waals surface area contributed by atoms with Gasteiger partial charge >= 0.3 is 0 Å². The van der Waals surface area contributed by atoms with Crippen LogP contribution in [0, 0.1) is 5.92 Å². The molecule has 0 amide bonds. The van der Waals surface area contributed by atoms with Gasteiger partial charge in [0.1, 0.15) is 0 Å². The standard InChI is InChI=1S/C11H21N/c1-5-7-8-9-12-11(4)10(3)6-2/h5,7,10,12H,4,6,8-9H2,1-3H3/b7-5+. The quantitative estimate of drug-likeness (QED) is 0.473. The lowest BCUT2D eigenvalue weighted by molar-refractivity contribution is 0.592. The fourth-order valence-electron chi connectivity index (χ4n) is 0.903. The maximum atomic E-state index is 3.99. The van der Waals surface area contributed by atoms with Gasteiger partial charge in [-0.3, -0.25) is 0 Å². The molecule has 0 aromatic rings. The molecule has 0 aliphatic carbocycles. The van der Waals surface area contributed by atoms with E-state index in [-0.39, 0.29) is 0 Å². The second kappa shape index (κ2) is 6.96. The molecule has 0 aromatic heterocycles. The van der Waals surface area contributed by atoms with E-state index in [1.54, 1.807) is 0 Å². The average Bonchev–Trinajstić information content (AvgIpc) is 2.10. The lowest BCUT2D eigenvalue weighted by Gasteiger charge is -2.13. The van der Waals surface area contributed by atoms with Gasteiger partial charge in [0.2, 0.25) is 0 Å². The van der Waals surface area contributed by atoms with E-state index in [4.69, 9.17) is 0 Å². The first-order valence-electron chi connectivity index (χ1n) is 4.76. The van der Waals surface area contributed by atoms with Gasteiger partial charge in [-0.25, -0.2) is 0 Å². The summed E-state index contributed by atoms with van der Waals surface area (Å²) in [4.78, 5) is 0. The maximum Gasteiger partial charge on any atom is 0.0178 e. The fraction of sp³-hybridized carbons (Fsp3) is 0.636. The Balaban J connectivity index is 3.43. The fourth-order valence-corrected chi connectivity index (χ4v) is 0.903. The molecule has 0 aliphatic heterocycles. The second-order valence-corrected chi connectivity index (χ2v) is 3.12. The van der Waals surface area contributed by atoms with Gasteiger partial charge in [0.15, 0.2) is 0 Å². The second-order valence-electron chi connectivity index (χ2n) is 3.12. The zero-order chi connectivity index (χ0) is 9.40. The first kappa shape index (κ1) is 11.3. The van der Waals surface area contributed by atoms with Crippen molar-refractivity contribution in [2.75, 3.05) is 6.54 Å². The lowest BCUT2D eigenvalue weighted by Crippen LogP contribution is -2.18. The summed E-state index contributed by atoms with van der Waals surface area (Å²) in [5.74, 6) is 0.593. The molecule has 0 bridgehead atoms. The molecular weight excluding hydrogens is 146 g/mol. The van der Waals surface area contributed by atoms with E-state index in [2.05, 4.69) is 37.9 Å². The Morgan fingerprint density at radius 1 is 1.58 bits per heavy atom. The molecule has 70 valence electrons. The van der Waals surface area contributed by atoms with Crippen LogP contribution >= 0.6 is 0 Å². The number of rotatable bonds is 6. The normalized spacial score (nSPS) is 13.2. The Morgan fingerprint density at radius 3 is 2.75 bits per heavy atom. The van der Waals surface area contributed by atoms with Gasteiger partial charge in [-0.1, -0.05) is 32.6 Å². The summed E-state index contributed by atoms with van der Waals surface area (Å²) in [5, 5.41) is 3.32. The third-order valence-electron chi connectivity index (χ3n) is 2.11. The summed E-state index contributed by atoms with van der Waals surface area (Å²) < 4.78 is 0. The minimum Gasteiger partial charge on any atom is -0.388 e. The highest BCUT2D eigenvalue weighted by atomic mass is 14.9. The summed E-state index contributed by atoms with van der Waals surface area (Å²) >= 11 is 0. The number of allylic oxidation sites excluding steroid dienone is 2. The highest BCUT2D eigenvalue weighted by molar-refractivity contribution is 4.96. The molecule has 1 heteroatoms. The molecule has 0 aromatic carbocycles. The molecular formula is C11H21N. The van der Waals surface area contributed by atoms with Crippen LogP contribution in [0.3, 0.4) is 0 Å². The van der Waals surface area contributed by atoms with E-state index in [0.29, 0.717) is 5.92 Å². The maximum absolute atomic E-state index is 3.99. The highest BCUT2D eigenvalue weighted by Crippen LogP contribution is 2.08. The van der Waals surface area contributed by atoms with Gasteiger partial charge < -0.3 is 5.32 Å². The molecule has 0 saturated carbocycles. The van der Waals surface area contributed by atoms with Gasteiger partial charge in [0, 0.05) is 12.2 Å². The van der Waals surface area contributed by atoms with Gasteiger partial charge in [0.25, 0.3) is 0 Å². The van der Waals surface area contributed by atoms with Crippen molar-refractivity contribution in [2.45, 2.75) is 33.6 Å². The van der Waals surface area contributed by atoms with E-state index in [1.165, 1.54) is 5.70 Å². The molecule has 0 heterocycles. The van der Waals surface area contributed by atoms with Gasteiger partial charge in [-0.2, -0.15) is 0 Å². The van der Waals surface area contributed by atoms with Crippen LogP contribution < -0.4 is 5.32 Å². The van der Waals surface area contributed by atoms with Crippen molar-refractivity contribution in [2.24, 2.45) is 5.92 Å². The van der Waals surface area contributed by atoms with Crippen LogP contribution in [0.15, 0.2) is 24.4 Å². The molecule has 0 rings (SSSR count). The summed E-state index contributed by atoms with van der Waals surface area (Å²) in [6.07, 6.45) is 6.49. The highest BCUT2D eigenvalue weighted by Gasteiger charge is 2.01. The van der Waals surface area contributed by atoms with Crippen LogP contribution in [0.25, 0.3) is 0 Å². The molecule has 12 heavy (non-hydrogen) atoms. The Labute approximate surface area is 76.6 Å². The Bertz CT molecular complexity index is 147. The topological polar surface area (TPSA) is 12.0 Å². The molecule has 1 nitrogen and oxygen atoms in total. The van der Waals surface area contributed by atoms with Crippen LogP contribution in [0.1, 0.15) is 33.6 Å². The van der Waals surface area contributed by atoms with E-state index in [9.17, 15) is 0 Å². The van der Waals surface area contributed by atoms with E-state index >= 15 is 0 Å². The van der Waals surface area contributed by atoms with Crippen LogP contribution in [-0.2, 0) is 0 Å². The number of nitrogens with one attached hydrogen (secondary N) is 1. The molecule has 0 spiro atoms. The molecule has 0 radical (unpaired) electrons. The Kier molecular flexibility index (Phi) is 6.54. The minimum absolute atomic E-state index is 0.593. The van der Waals surface area contributed by atoms with Crippen LogP contribution in [0.5, 0.6) is 0 Å². The predicted octanol–water partition coefficient (Wildman–Crippen LogP) is 3.10. The monoisotopic (exact) mass is 167 g/mol. The lowest BCUT2D eigenvalue weighted by atomic mass is 10.1. The average molecular weight is 167 g/mol. The molecule has 1 N–H and O–H groups in total. The van der Waals surface area contributed by atoms with Crippen molar-refractivity contribution in [1.82, 2.24) is 5.32 Å². The van der Waals surface area contributed by atoms with E-state index < -0.39 is 0 Å². The van der Waals surface area contributed by atoms with Gasteiger partial charge in [-0.15, -0.1) is 0 Å². The smallest absolute Gasteiger partial charge is 0.0178 e. The number of hydrogen-bond acceptors (Lipinski definition) is 1. The molecule has 1 atom stereocenters. The van der Waals surface area contributed by atoms with Crippen molar-refractivity contribution in [3.63, 3.8) is 0 Å². The zero-order valence-electron chi connectivity index (χ0n) is 8.56. The molecule has 0 fully saturated rings. The summed E-state index contributed by atoms with van der Waals surface area (Å²) in [5.41, 5.74) is 1.17. The SMILES string of the molecule is C=C(NCC/C=C/C)C(C)CC. The largest absolute Gasteiger partial charge is 0.388 e. The zero-order valence-corrected chi connectivity index (χ0v) is 8.56. The summed E-state index contributed by atoms with van der Waals surface area (Å²) in [6.45, 7) is 11.4. The van der Waals surface area contributed by atoms with Crippen molar-refractivity contribution < 1.29 is 0 Å². The first-order valence-corrected chi connectivity index (χ1v) is 4.76. The van der Waals surface area contributed by atoms with Crippen LogP contribution in [0.2, 0.25) is 0 Å². The van der Waals surface area contributed by atoms with Crippen LogP contribution in [0.4, 0.5) is 0 Å². The third-order valence-corrected chi connectivity index (χ3v) is 2.11. The van der Waals surface area contributed by atoms with E-state index in [0.717, 1.165) is 19.4 Å². The summed E-state index contributed by atoms with van der Waals surface area (Å²) in [7, 11) is 0.